The van der Waals surface area contributed by atoms with Crippen LogP contribution in [-0.2, 0) is 66.7 Å². The molecule has 0 radical (unpaired) electrons. The van der Waals surface area contributed by atoms with Crippen LogP contribution in [-0.4, -0.2) is 172 Å². The van der Waals surface area contributed by atoms with E-state index in [4.69, 9.17) is 28.5 Å². The van der Waals surface area contributed by atoms with Crippen LogP contribution >= 0.6 is 31.9 Å². The van der Waals surface area contributed by atoms with Crippen LogP contribution in [0.15, 0.2) is 0 Å². The minimum Gasteiger partial charge on any atom is -0.465 e. The van der Waals surface area contributed by atoms with E-state index in [0.29, 0.717) is 41.3 Å². The molecule has 496 valence electrons. The highest BCUT2D eigenvalue weighted by atomic mass is 79.9. The Morgan fingerprint density at radius 1 is 0.434 bits per heavy atom. The number of hydrogen-bond acceptors (Lipinski definition) is 15. The molecule has 0 spiro atoms. The summed E-state index contributed by atoms with van der Waals surface area (Å²) in [5, 5.41) is 0. The Hall–Kier alpha value is -3.27. The first-order chi connectivity index (χ1) is 35.6. The minimum atomic E-state index is -6.09. The molecule has 0 rings (SSSR count). The second-order valence-corrected chi connectivity index (χ2v) is 26.8. The molecule has 17 nitrogen and oxygen atoms in total. The summed E-state index contributed by atoms with van der Waals surface area (Å²) in [6.45, 7) is 16.4. The number of quaternary nitrogens is 2. The highest BCUT2D eigenvalue weighted by molar-refractivity contribution is 9.10. The molecule has 0 heterocycles. The van der Waals surface area contributed by atoms with Gasteiger partial charge in [-0.05, 0) is 107 Å². The number of likely N-dealkylation sites (N-methyl/N-ethyl adjacent to an activating group) is 2. The zero-order valence-corrected chi connectivity index (χ0v) is 52.1. The van der Waals surface area contributed by atoms with Crippen LogP contribution in [0.4, 0.5) is 39.9 Å². The maximum absolute atomic E-state index is 15.1. The van der Waals surface area contributed by atoms with Crippen LogP contribution in [0.3, 0.4) is 0 Å². The Labute approximate surface area is 507 Å². The Balaban J connectivity index is -0.00000179. The third kappa shape index (κ3) is 34.0. The van der Waals surface area contributed by atoms with Crippen molar-refractivity contribution in [3.63, 3.8) is 0 Å². The van der Waals surface area contributed by atoms with E-state index in [1.165, 1.54) is 41.5 Å². The van der Waals surface area contributed by atoms with Gasteiger partial charge >= 0.3 is 60.4 Å². The highest BCUT2D eigenvalue weighted by Gasteiger charge is 2.64. The van der Waals surface area contributed by atoms with Crippen molar-refractivity contribution in [2.75, 3.05) is 94.2 Å². The molecule has 0 aliphatic carbocycles. The standard InChI is InChI=1S/C51H88Br2F6N2O14.CF2O.4CH4/c1-17-21-27-68-41(66)47(11,52)33-45(9,39(64)70-29-25-60(13,14)23-19-3)31-43(5,6)37(62)72-35-49(54,55)50(56,57)75-51(58,59)74-36-73-38(63)44(7,8)32-46(10,34-48(12,53)42(67)69-28-22-18-2)40(65)71-30-26-61(15,16)24-20-4;2-1(3)4;;;;/h17-36H2,1-16H3;;4*1H4/q+2;;;;;. The van der Waals surface area contributed by atoms with Crippen LogP contribution in [0, 0.1) is 21.7 Å². The molecule has 0 saturated heterocycles. The van der Waals surface area contributed by atoms with E-state index in [-0.39, 0.29) is 69.0 Å². The van der Waals surface area contributed by atoms with Crippen LogP contribution in [0.5, 0.6) is 0 Å². The number of alkyl halides is 8. The number of carbonyl (C=O) groups excluding carboxylic acids is 7. The molecular weight excluding hydrogens is 1250 g/mol. The van der Waals surface area contributed by atoms with Gasteiger partial charge in [0.1, 0.15) is 35.0 Å². The third-order valence-electron chi connectivity index (χ3n) is 12.5. The van der Waals surface area contributed by atoms with Gasteiger partial charge in [-0.1, -0.05) is 102 Å². The molecule has 4 atom stereocenters. The van der Waals surface area contributed by atoms with E-state index in [0.717, 1.165) is 46.2 Å². The molecule has 0 aromatic heterocycles. The molecule has 0 bridgehead atoms. The molecule has 27 heteroatoms. The smallest absolute Gasteiger partial charge is 0.465 e. The predicted molar refractivity (Wildman–Crippen MR) is 308 cm³/mol. The van der Waals surface area contributed by atoms with Crippen molar-refractivity contribution in [2.24, 2.45) is 21.7 Å². The molecule has 0 fully saturated rings. The SMILES string of the molecule is C.C.C.C.CCCCOC(=O)C(C)(Br)CC(C)(CC(C)(C)C(=O)OCOC(F)(F)OC(F)(F)C(F)(F)COC(=O)C(C)(C)CC(C)(CC(C)(Br)C(=O)OCCCC)C(=O)OCC[N+](C)(C)CCC)C(=O)OCC[N+](C)(C)CCC.O=C(F)F. The van der Waals surface area contributed by atoms with Crippen molar-refractivity contribution in [1.29, 1.82) is 0 Å². The first kappa shape index (κ1) is 90.9. The van der Waals surface area contributed by atoms with E-state index < -0.39 is 117 Å². The normalized spacial score (nSPS) is 15.1. The maximum Gasteiger partial charge on any atom is 0.493 e. The van der Waals surface area contributed by atoms with Gasteiger partial charge in [-0.3, -0.25) is 33.5 Å². The largest absolute Gasteiger partial charge is 0.493 e. The van der Waals surface area contributed by atoms with Gasteiger partial charge in [0.05, 0.1) is 76.2 Å². The molecule has 4 unspecified atom stereocenters. The number of carbonyl (C=O) groups is 7. The molecule has 0 aromatic carbocycles. The molecular formula is C56H104Br2F8N2O15+2. The van der Waals surface area contributed by atoms with Crippen molar-refractivity contribution >= 4 is 74.0 Å². The van der Waals surface area contributed by atoms with Crippen LogP contribution in [0.1, 0.15) is 177 Å². The average Bonchev–Trinajstić information content (AvgIpc) is 3.26. The summed E-state index contributed by atoms with van der Waals surface area (Å²) in [5.74, 6) is -11.6. The number of halogens is 10. The average molecular weight is 1360 g/mol. The van der Waals surface area contributed by atoms with Gasteiger partial charge in [-0.15, -0.1) is 17.6 Å². The lowest BCUT2D eigenvalue weighted by atomic mass is 9.69. The zero-order valence-electron chi connectivity index (χ0n) is 48.9. The Morgan fingerprint density at radius 3 is 1.06 bits per heavy atom. The van der Waals surface area contributed by atoms with E-state index in [1.807, 2.05) is 55.9 Å². The molecule has 0 N–H and O–H groups in total. The lowest BCUT2D eigenvalue weighted by Gasteiger charge is -2.38. The van der Waals surface area contributed by atoms with Gasteiger partial charge in [0.2, 0.25) is 6.79 Å². The number of ether oxygens (including phenoxy) is 8. The van der Waals surface area contributed by atoms with Gasteiger partial charge in [-0.25, -0.2) is 9.53 Å². The monoisotopic (exact) mass is 1350 g/mol. The first-order valence-corrected chi connectivity index (χ1v) is 27.6. The van der Waals surface area contributed by atoms with Crippen molar-refractivity contribution in [3.8, 4) is 0 Å². The lowest BCUT2D eigenvalue weighted by Crippen LogP contribution is -2.51. The van der Waals surface area contributed by atoms with Gasteiger partial charge in [0, 0.05) is 0 Å². The van der Waals surface area contributed by atoms with Crippen molar-refractivity contribution in [2.45, 2.75) is 204 Å². The second kappa shape index (κ2) is 38.1. The van der Waals surface area contributed by atoms with Crippen molar-refractivity contribution in [1.82, 2.24) is 0 Å². The molecule has 83 heavy (non-hydrogen) atoms. The van der Waals surface area contributed by atoms with Gasteiger partial charge in [-0.2, -0.15) is 17.6 Å². The minimum absolute atomic E-state index is 0. The van der Waals surface area contributed by atoms with Gasteiger partial charge in [0.15, 0.2) is 6.61 Å². The van der Waals surface area contributed by atoms with Crippen LogP contribution in [0.2, 0.25) is 0 Å². The second-order valence-electron chi connectivity index (χ2n) is 23.3. The fourth-order valence-electron chi connectivity index (χ4n) is 8.63. The fraction of sp³-hybridized carbons (Fsp3) is 0.875. The third-order valence-corrected chi connectivity index (χ3v) is 13.7. The summed E-state index contributed by atoms with van der Waals surface area (Å²) in [5.41, 5.74) is -7.09. The Bertz CT molecular complexity index is 1980. The Kier molecular flexibility index (Phi) is 41.7. The molecule has 0 saturated carbocycles. The fourth-order valence-corrected chi connectivity index (χ4v) is 10.1. The first-order valence-electron chi connectivity index (χ1n) is 26.0. The topological polar surface area (TPSA) is 193 Å². The predicted octanol–water partition coefficient (Wildman–Crippen LogP) is 14.1. The summed E-state index contributed by atoms with van der Waals surface area (Å²) in [6, 6.07) is 0. The Morgan fingerprint density at radius 2 is 0.747 bits per heavy atom. The number of unbranched alkanes of at least 4 members (excludes halogenated alkanes) is 2. The van der Waals surface area contributed by atoms with Gasteiger partial charge < -0.3 is 37.4 Å². The zero-order chi connectivity index (χ0) is 62.3. The molecule has 0 aliphatic heterocycles. The molecule has 0 aliphatic rings. The van der Waals surface area contributed by atoms with Crippen LogP contribution < -0.4 is 0 Å². The summed E-state index contributed by atoms with van der Waals surface area (Å²) < 4.78 is 145. The molecule has 0 amide bonds. The molecule has 0 aromatic rings. The van der Waals surface area contributed by atoms with E-state index in [2.05, 4.69) is 46.1 Å². The maximum atomic E-state index is 15.1. The van der Waals surface area contributed by atoms with Crippen LogP contribution in [0.25, 0.3) is 0 Å². The number of esters is 6. The summed E-state index contributed by atoms with van der Waals surface area (Å²) in [6.07, 6.45) is -11.8. The van der Waals surface area contributed by atoms with Gasteiger partial charge in [0.25, 0.3) is 0 Å². The van der Waals surface area contributed by atoms with Crippen molar-refractivity contribution in [3.05, 3.63) is 0 Å². The summed E-state index contributed by atoms with van der Waals surface area (Å²) >= 11 is 6.69. The highest BCUT2D eigenvalue weighted by Crippen LogP contribution is 2.47. The van der Waals surface area contributed by atoms with E-state index in [9.17, 15) is 55.1 Å². The van der Waals surface area contributed by atoms with E-state index >= 15 is 8.78 Å². The number of hydrogen-bond donors (Lipinski definition) is 0. The van der Waals surface area contributed by atoms with Crippen molar-refractivity contribution < 1.29 is 116 Å². The number of nitrogens with zero attached hydrogens (tertiary/aromatic N) is 2. The lowest BCUT2D eigenvalue weighted by molar-refractivity contribution is -0.890. The summed E-state index contributed by atoms with van der Waals surface area (Å²) in [7, 11) is 7.72. The number of rotatable bonds is 38. The summed E-state index contributed by atoms with van der Waals surface area (Å²) in [4.78, 5) is 88.8. The van der Waals surface area contributed by atoms with E-state index in [1.54, 1.807) is 0 Å². The quantitative estimate of drug-likeness (QED) is 0.00827.